The van der Waals surface area contributed by atoms with E-state index in [2.05, 4.69) is 10.6 Å². The van der Waals surface area contributed by atoms with Crippen molar-refractivity contribution in [2.75, 3.05) is 5.32 Å². The van der Waals surface area contributed by atoms with E-state index in [0.717, 1.165) is 23.8 Å². The molecule has 1 aromatic heterocycles. The maximum absolute atomic E-state index is 12.3. The molecule has 29 heavy (non-hydrogen) atoms. The molecule has 0 saturated heterocycles. The third-order valence-corrected chi connectivity index (χ3v) is 4.55. The molecular formula is C19H13ClN3O5S-. The van der Waals surface area contributed by atoms with Crippen LogP contribution in [0.25, 0.3) is 11.3 Å². The number of hydrogen-bond acceptors (Lipinski definition) is 6. The lowest BCUT2D eigenvalue weighted by molar-refractivity contribution is -0.385. The number of nitro groups is 1. The highest BCUT2D eigenvalue weighted by Crippen LogP contribution is 2.27. The summed E-state index contributed by atoms with van der Waals surface area (Å²) < 4.78 is 5.54. The third kappa shape index (κ3) is 4.71. The monoisotopic (exact) mass is 430 g/mol. The number of thiocarbonyl (C=S) groups is 1. The number of carbonyl (C=O) groups excluding carboxylic acids is 1. The lowest BCUT2D eigenvalue weighted by Gasteiger charge is -2.15. The molecular weight excluding hydrogens is 418 g/mol. The number of non-ortho nitro benzene ring substituents is 1. The average molecular weight is 431 g/mol. The lowest BCUT2D eigenvalue weighted by atomic mass is 10.1. The predicted octanol–water partition coefficient (Wildman–Crippen LogP) is 4.02. The molecule has 3 rings (SSSR count). The summed E-state index contributed by atoms with van der Waals surface area (Å²) >= 11 is 11.1. The minimum Gasteiger partial charge on any atom is -0.871 e. The standard InChI is InChI=1S/C19H14ClN3O5S/c1-10-2-3-11(8-13(10)20)16-6-7-17(28-16)18(25)22-19(29)21-14-9-12(23(26)27)4-5-15(14)24/h2-9,24H,1H3,(H2,21,22,25,29)/p-1. The van der Waals surface area contributed by atoms with Crippen molar-refractivity contribution in [2.45, 2.75) is 6.92 Å². The number of nitro benzene ring substituents is 1. The molecule has 0 fully saturated rings. The molecule has 2 aromatic carbocycles. The van der Waals surface area contributed by atoms with Gasteiger partial charge in [-0.2, -0.15) is 0 Å². The van der Waals surface area contributed by atoms with E-state index in [1.54, 1.807) is 12.1 Å². The van der Waals surface area contributed by atoms with E-state index >= 15 is 0 Å². The van der Waals surface area contributed by atoms with Crippen LogP contribution in [0.3, 0.4) is 0 Å². The number of nitrogens with one attached hydrogen (secondary N) is 2. The van der Waals surface area contributed by atoms with Gasteiger partial charge in [-0.3, -0.25) is 20.2 Å². The lowest BCUT2D eigenvalue weighted by Crippen LogP contribution is -2.34. The van der Waals surface area contributed by atoms with Crippen LogP contribution in [0.1, 0.15) is 16.1 Å². The fourth-order valence-electron chi connectivity index (χ4n) is 2.41. The molecule has 0 bridgehead atoms. The Morgan fingerprint density at radius 1 is 1.17 bits per heavy atom. The fourth-order valence-corrected chi connectivity index (χ4v) is 2.79. The van der Waals surface area contributed by atoms with Crippen LogP contribution in [0, 0.1) is 17.0 Å². The second-order valence-corrected chi connectivity index (χ2v) is 6.79. The summed E-state index contributed by atoms with van der Waals surface area (Å²) in [5.41, 5.74) is 1.20. The van der Waals surface area contributed by atoms with Crippen molar-refractivity contribution in [1.29, 1.82) is 0 Å². The van der Waals surface area contributed by atoms with E-state index in [9.17, 15) is 20.0 Å². The molecule has 0 radical (unpaired) electrons. The maximum Gasteiger partial charge on any atom is 0.293 e. The Kier molecular flexibility index (Phi) is 5.81. The van der Waals surface area contributed by atoms with Gasteiger partial charge in [0.15, 0.2) is 10.9 Å². The number of aryl methyl sites for hydroxylation is 1. The molecule has 0 aliphatic heterocycles. The molecule has 1 heterocycles. The number of carbonyl (C=O) groups is 1. The molecule has 0 aliphatic rings. The van der Waals surface area contributed by atoms with E-state index in [4.69, 9.17) is 28.2 Å². The first-order chi connectivity index (χ1) is 13.7. The van der Waals surface area contributed by atoms with Crippen molar-refractivity contribution in [2.24, 2.45) is 0 Å². The summed E-state index contributed by atoms with van der Waals surface area (Å²) in [6.07, 6.45) is 0. The zero-order valence-corrected chi connectivity index (χ0v) is 16.5. The highest BCUT2D eigenvalue weighted by molar-refractivity contribution is 7.80. The highest BCUT2D eigenvalue weighted by Gasteiger charge is 2.15. The van der Waals surface area contributed by atoms with Crippen molar-refractivity contribution >= 4 is 46.2 Å². The van der Waals surface area contributed by atoms with Crippen molar-refractivity contribution in [3.8, 4) is 17.1 Å². The van der Waals surface area contributed by atoms with Gasteiger partial charge < -0.3 is 14.8 Å². The molecule has 0 unspecified atom stereocenters. The Morgan fingerprint density at radius 2 is 1.93 bits per heavy atom. The third-order valence-electron chi connectivity index (χ3n) is 3.94. The van der Waals surface area contributed by atoms with Gasteiger partial charge in [0.25, 0.3) is 11.6 Å². The summed E-state index contributed by atoms with van der Waals surface area (Å²) in [5.74, 6) is -0.729. The summed E-state index contributed by atoms with van der Waals surface area (Å²) in [6, 6.07) is 11.6. The van der Waals surface area contributed by atoms with Crippen molar-refractivity contribution < 1.29 is 19.2 Å². The van der Waals surface area contributed by atoms with Gasteiger partial charge in [0, 0.05) is 28.4 Å². The number of amides is 1. The molecule has 8 nitrogen and oxygen atoms in total. The van der Waals surface area contributed by atoms with Gasteiger partial charge in [0.05, 0.1) is 4.92 Å². The van der Waals surface area contributed by atoms with Crippen LogP contribution in [-0.2, 0) is 0 Å². The number of anilines is 1. The Balaban J connectivity index is 1.70. The SMILES string of the molecule is Cc1ccc(-c2ccc(C(=O)NC(=S)Nc3cc([N+](=O)[O-])ccc3[O-])o2)cc1Cl. The zero-order chi connectivity index (χ0) is 21.1. The topological polar surface area (TPSA) is 120 Å². The van der Waals surface area contributed by atoms with Crippen molar-refractivity contribution in [3.63, 3.8) is 0 Å². The van der Waals surface area contributed by atoms with Crippen LogP contribution in [0.5, 0.6) is 5.75 Å². The highest BCUT2D eigenvalue weighted by atomic mass is 35.5. The molecule has 0 saturated carbocycles. The minimum absolute atomic E-state index is 0.0118. The van der Waals surface area contributed by atoms with Crippen LogP contribution < -0.4 is 15.7 Å². The van der Waals surface area contributed by atoms with Crippen LogP contribution in [0.2, 0.25) is 5.02 Å². The molecule has 0 atom stereocenters. The van der Waals surface area contributed by atoms with Gasteiger partial charge in [-0.15, -0.1) is 0 Å². The van der Waals surface area contributed by atoms with Gasteiger partial charge in [0.1, 0.15) is 5.76 Å². The number of nitrogens with zero attached hydrogens (tertiary/aromatic N) is 1. The summed E-state index contributed by atoms with van der Waals surface area (Å²) in [4.78, 5) is 22.5. The normalized spacial score (nSPS) is 10.4. The fraction of sp³-hybridized carbons (Fsp3) is 0.0526. The van der Waals surface area contributed by atoms with Crippen molar-refractivity contribution in [3.05, 3.63) is 75.0 Å². The van der Waals surface area contributed by atoms with Crippen LogP contribution in [0.15, 0.2) is 52.9 Å². The van der Waals surface area contributed by atoms with E-state index in [1.165, 1.54) is 6.07 Å². The Labute approximate surface area is 175 Å². The first-order valence-electron chi connectivity index (χ1n) is 8.19. The quantitative estimate of drug-likeness (QED) is 0.364. The Hall–Kier alpha value is -3.43. The zero-order valence-electron chi connectivity index (χ0n) is 14.9. The van der Waals surface area contributed by atoms with E-state index < -0.39 is 16.6 Å². The molecule has 10 heteroatoms. The molecule has 3 aromatic rings. The minimum atomic E-state index is -0.648. The second kappa shape index (κ2) is 8.29. The number of benzene rings is 2. The summed E-state index contributed by atoms with van der Waals surface area (Å²) in [7, 11) is 0. The molecule has 0 aliphatic carbocycles. The molecule has 1 amide bonds. The van der Waals surface area contributed by atoms with Crippen LogP contribution in [0.4, 0.5) is 11.4 Å². The van der Waals surface area contributed by atoms with E-state index in [1.807, 2.05) is 19.1 Å². The number of rotatable bonds is 4. The first-order valence-corrected chi connectivity index (χ1v) is 8.97. The second-order valence-electron chi connectivity index (χ2n) is 5.97. The van der Waals surface area contributed by atoms with Crippen LogP contribution >= 0.6 is 23.8 Å². The first kappa shape index (κ1) is 20.3. The van der Waals surface area contributed by atoms with Crippen molar-refractivity contribution in [1.82, 2.24) is 5.32 Å². The Morgan fingerprint density at radius 3 is 2.62 bits per heavy atom. The smallest absolute Gasteiger partial charge is 0.293 e. The van der Waals surface area contributed by atoms with Gasteiger partial charge in [-0.1, -0.05) is 35.5 Å². The summed E-state index contributed by atoms with van der Waals surface area (Å²) in [5, 5.41) is 27.8. The number of furan rings is 1. The molecule has 0 spiro atoms. The Bertz CT molecular complexity index is 1130. The number of halogens is 1. The summed E-state index contributed by atoms with van der Waals surface area (Å²) in [6.45, 7) is 1.87. The average Bonchev–Trinajstić information content (AvgIpc) is 3.16. The molecule has 2 N–H and O–H groups in total. The van der Waals surface area contributed by atoms with Gasteiger partial charge in [-0.05, 0) is 42.9 Å². The van der Waals surface area contributed by atoms with Gasteiger partial charge >= 0.3 is 0 Å². The molecule has 148 valence electrons. The van der Waals surface area contributed by atoms with Gasteiger partial charge in [-0.25, -0.2) is 0 Å². The van der Waals surface area contributed by atoms with Crippen LogP contribution in [-0.4, -0.2) is 15.9 Å². The largest absolute Gasteiger partial charge is 0.871 e. The number of hydrogen-bond donors (Lipinski definition) is 2. The maximum atomic E-state index is 12.3. The van der Waals surface area contributed by atoms with E-state index in [0.29, 0.717) is 16.3 Å². The predicted molar refractivity (Wildman–Crippen MR) is 110 cm³/mol. The van der Waals surface area contributed by atoms with Gasteiger partial charge in [0.2, 0.25) is 0 Å². The van der Waals surface area contributed by atoms with E-state index in [-0.39, 0.29) is 22.2 Å².